The van der Waals surface area contributed by atoms with Crippen LogP contribution in [0.2, 0.25) is 0 Å². The van der Waals surface area contributed by atoms with Gasteiger partial charge in [0.25, 0.3) is 0 Å². The van der Waals surface area contributed by atoms with Gasteiger partial charge in [-0.2, -0.15) is 0 Å². The summed E-state index contributed by atoms with van der Waals surface area (Å²) >= 11 is 1.94. The Bertz CT molecular complexity index is 331. The molecule has 2 nitrogen and oxygen atoms in total. The lowest BCUT2D eigenvalue weighted by Crippen LogP contribution is -2.10. The van der Waals surface area contributed by atoms with Crippen molar-refractivity contribution in [3.8, 4) is 0 Å². The Hall–Kier alpha value is -0.540. The monoisotopic (exact) mass is 250 g/mol. The van der Waals surface area contributed by atoms with E-state index in [-0.39, 0.29) is 6.04 Å². The molecule has 0 aliphatic heterocycles. The molecule has 1 fully saturated rings. The number of hydrogen-bond donors (Lipinski definition) is 1. The highest BCUT2D eigenvalue weighted by molar-refractivity contribution is 7.99. The van der Waals surface area contributed by atoms with Gasteiger partial charge in [-0.05, 0) is 30.9 Å². The van der Waals surface area contributed by atoms with Gasteiger partial charge in [0.15, 0.2) is 0 Å². The predicted molar refractivity (Wildman–Crippen MR) is 74.2 cm³/mol. The van der Waals surface area contributed by atoms with E-state index in [1.807, 2.05) is 18.0 Å². The number of thioether (sulfide) groups is 1. The third-order valence-corrected chi connectivity index (χ3v) is 4.75. The number of aromatic nitrogens is 1. The fourth-order valence-electron chi connectivity index (χ4n) is 2.27. The number of rotatable bonds is 4. The van der Waals surface area contributed by atoms with E-state index in [9.17, 15) is 0 Å². The molecular weight excluding hydrogens is 228 g/mol. The summed E-state index contributed by atoms with van der Waals surface area (Å²) in [6.45, 7) is 2.11. The number of hydrogen-bond acceptors (Lipinski definition) is 3. The zero-order valence-corrected chi connectivity index (χ0v) is 11.4. The van der Waals surface area contributed by atoms with Crippen LogP contribution < -0.4 is 5.73 Å². The molecule has 0 spiro atoms. The van der Waals surface area contributed by atoms with Crippen LogP contribution in [0.15, 0.2) is 23.4 Å². The van der Waals surface area contributed by atoms with Gasteiger partial charge in [0.05, 0.1) is 5.03 Å². The van der Waals surface area contributed by atoms with Crippen LogP contribution in [0.1, 0.15) is 57.1 Å². The van der Waals surface area contributed by atoms with Gasteiger partial charge in [0.1, 0.15) is 0 Å². The molecule has 3 heteroatoms. The normalized spacial score (nSPS) is 19.2. The summed E-state index contributed by atoms with van der Waals surface area (Å²) in [5.74, 6) is 0. The highest BCUT2D eigenvalue weighted by Gasteiger charge is 2.15. The average Bonchev–Trinajstić information content (AvgIpc) is 2.40. The first-order chi connectivity index (χ1) is 8.29. The van der Waals surface area contributed by atoms with Gasteiger partial charge in [0.2, 0.25) is 0 Å². The molecule has 0 aromatic carbocycles. The predicted octanol–water partition coefficient (Wildman–Crippen LogP) is 3.92. The van der Waals surface area contributed by atoms with E-state index < -0.39 is 0 Å². The molecule has 1 heterocycles. The molecule has 17 heavy (non-hydrogen) atoms. The number of nitrogens with zero attached hydrogens (tertiary/aromatic N) is 1. The van der Waals surface area contributed by atoms with E-state index >= 15 is 0 Å². The highest BCUT2D eigenvalue weighted by atomic mass is 32.2. The summed E-state index contributed by atoms with van der Waals surface area (Å²) < 4.78 is 0. The average molecular weight is 250 g/mol. The van der Waals surface area contributed by atoms with Crippen molar-refractivity contribution in [3.05, 3.63) is 23.9 Å². The van der Waals surface area contributed by atoms with Crippen molar-refractivity contribution in [2.75, 3.05) is 0 Å². The second kappa shape index (κ2) is 6.41. The van der Waals surface area contributed by atoms with Crippen molar-refractivity contribution in [1.29, 1.82) is 0 Å². The Balaban J connectivity index is 1.93. The van der Waals surface area contributed by atoms with Crippen LogP contribution in [0, 0.1) is 0 Å². The minimum absolute atomic E-state index is 0.135. The first kappa shape index (κ1) is 12.9. The third kappa shape index (κ3) is 3.71. The van der Waals surface area contributed by atoms with E-state index in [4.69, 9.17) is 5.73 Å². The molecular formula is C14H22N2S. The van der Waals surface area contributed by atoms with E-state index in [1.165, 1.54) is 32.1 Å². The van der Waals surface area contributed by atoms with E-state index in [0.29, 0.717) is 0 Å². The smallest absolute Gasteiger partial charge is 0.0962 e. The third-order valence-electron chi connectivity index (χ3n) is 3.47. The van der Waals surface area contributed by atoms with Crippen LogP contribution in [-0.2, 0) is 0 Å². The molecule has 1 unspecified atom stereocenters. The second-order valence-electron chi connectivity index (χ2n) is 4.82. The van der Waals surface area contributed by atoms with Gasteiger partial charge < -0.3 is 5.73 Å². The summed E-state index contributed by atoms with van der Waals surface area (Å²) in [4.78, 5) is 4.52. The molecule has 1 aliphatic carbocycles. The standard InChI is InChI=1S/C14H22N2S/c1-2-13(15)11-8-9-14(16-10-11)17-12-6-4-3-5-7-12/h8-10,12-13H,2-7,15H2,1H3. The second-order valence-corrected chi connectivity index (χ2v) is 6.14. The Kier molecular flexibility index (Phi) is 4.86. The quantitative estimate of drug-likeness (QED) is 0.880. The molecule has 0 bridgehead atoms. The van der Waals surface area contributed by atoms with Crippen LogP contribution in [0.25, 0.3) is 0 Å². The maximum Gasteiger partial charge on any atom is 0.0962 e. The maximum atomic E-state index is 5.98. The van der Waals surface area contributed by atoms with Crippen molar-refractivity contribution < 1.29 is 0 Å². The van der Waals surface area contributed by atoms with Crippen LogP contribution >= 0.6 is 11.8 Å². The summed E-state index contributed by atoms with van der Waals surface area (Å²) in [6, 6.07) is 4.40. The van der Waals surface area contributed by atoms with Gasteiger partial charge in [0, 0.05) is 17.5 Å². The fourth-order valence-corrected chi connectivity index (χ4v) is 3.44. The van der Waals surface area contributed by atoms with Gasteiger partial charge in [-0.3, -0.25) is 0 Å². The summed E-state index contributed by atoms with van der Waals surface area (Å²) in [7, 11) is 0. The summed E-state index contributed by atoms with van der Waals surface area (Å²) in [6.07, 6.45) is 9.79. The Labute approximate surface area is 108 Å². The van der Waals surface area contributed by atoms with Gasteiger partial charge in [-0.15, -0.1) is 11.8 Å². The van der Waals surface area contributed by atoms with Gasteiger partial charge in [-0.25, -0.2) is 4.98 Å². The fraction of sp³-hybridized carbons (Fsp3) is 0.643. The van der Waals surface area contributed by atoms with Crippen molar-refractivity contribution >= 4 is 11.8 Å². The van der Waals surface area contributed by atoms with Gasteiger partial charge >= 0.3 is 0 Å². The lowest BCUT2D eigenvalue weighted by molar-refractivity contribution is 0.515. The van der Waals surface area contributed by atoms with E-state index in [1.54, 1.807) is 0 Å². The minimum atomic E-state index is 0.135. The van der Waals surface area contributed by atoms with Crippen molar-refractivity contribution in [3.63, 3.8) is 0 Å². The molecule has 94 valence electrons. The molecule has 1 aliphatic rings. The first-order valence-corrected chi connectivity index (χ1v) is 7.55. The lowest BCUT2D eigenvalue weighted by Gasteiger charge is -2.20. The van der Waals surface area contributed by atoms with Crippen LogP contribution in [0.5, 0.6) is 0 Å². The summed E-state index contributed by atoms with van der Waals surface area (Å²) in [5.41, 5.74) is 7.14. The number of nitrogens with two attached hydrogens (primary N) is 1. The first-order valence-electron chi connectivity index (χ1n) is 6.67. The van der Waals surface area contributed by atoms with Gasteiger partial charge in [-0.1, -0.05) is 32.3 Å². The molecule has 2 rings (SSSR count). The Morgan fingerprint density at radius 3 is 2.71 bits per heavy atom. The van der Waals surface area contributed by atoms with Crippen molar-refractivity contribution in [2.45, 2.75) is 61.8 Å². The van der Waals surface area contributed by atoms with E-state index in [2.05, 4.69) is 24.0 Å². The molecule has 2 N–H and O–H groups in total. The topological polar surface area (TPSA) is 38.9 Å². The van der Waals surface area contributed by atoms with Crippen LogP contribution in [0.4, 0.5) is 0 Å². The summed E-state index contributed by atoms with van der Waals surface area (Å²) in [5, 5.41) is 1.94. The largest absolute Gasteiger partial charge is 0.324 e. The molecule has 0 saturated heterocycles. The molecule has 1 saturated carbocycles. The SMILES string of the molecule is CCC(N)c1ccc(SC2CCCCC2)nc1. The van der Waals surface area contributed by atoms with Crippen LogP contribution in [0.3, 0.4) is 0 Å². The van der Waals surface area contributed by atoms with Crippen molar-refractivity contribution in [1.82, 2.24) is 4.98 Å². The Morgan fingerprint density at radius 1 is 1.35 bits per heavy atom. The van der Waals surface area contributed by atoms with Crippen LogP contribution in [-0.4, -0.2) is 10.2 Å². The molecule has 0 radical (unpaired) electrons. The minimum Gasteiger partial charge on any atom is -0.324 e. The highest BCUT2D eigenvalue weighted by Crippen LogP contribution is 2.32. The molecule has 1 atom stereocenters. The van der Waals surface area contributed by atoms with Crippen molar-refractivity contribution in [2.24, 2.45) is 5.73 Å². The lowest BCUT2D eigenvalue weighted by atomic mass is 10.0. The zero-order chi connectivity index (χ0) is 12.1. The molecule has 1 aromatic rings. The zero-order valence-electron chi connectivity index (χ0n) is 10.6. The molecule has 0 amide bonds. The molecule has 1 aromatic heterocycles. The van der Waals surface area contributed by atoms with E-state index in [0.717, 1.165) is 22.3 Å². The number of pyridine rings is 1. The Morgan fingerprint density at radius 2 is 2.12 bits per heavy atom. The maximum absolute atomic E-state index is 5.98.